The molecule has 0 atom stereocenters. The summed E-state index contributed by atoms with van der Waals surface area (Å²) in [5, 5.41) is 0. The number of hydrogen-bond acceptors (Lipinski definition) is 2. The van der Waals surface area contributed by atoms with Gasteiger partial charge in [-0.2, -0.15) is 0 Å². The lowest BCUT2D eigenvalue weighted by molar-refractivity contribution is 0.0366. The molecule has 0 aliphatic carbocycles. The van der Waals surface area contributed by atoms with Gasteiger partial charge < -0.3 is 4.74 Å². The van der Waals surface area contributed by atoms with Crippen LogP contribution in [0.25, 0.3) is 0 Å². The van der Waals surface area contributed by atoms with Crippen LogP contribution in [-0.2, 0) is 4.74 Å². The van der Waals surface area contributed by atoms with E-state index in [0.717, 1.165) is 5.56 Å². The summed E-state index contributed by atoms with van der Waals surface area (Å²) in [6.45, 7) is 8.47. The van der Waals surface area contributed by atoms with Gasteiger partial charge in [0.25, 0.3) is 0 Å². The molecule has 0 fully saturated rings. The fourth-order valence-electron chi connectivity index (χ4n) is 1.16. The number of rotatable bonds is 2. The smallest absolute Gasteiger partial charge is 0.338 e. The average molecular weight is 206 g/mol. The van der Waals surface area contributed by atoms with E-state index >= 15 is 0 Å². The van der Waals surface area contributed by atoms with Crippen LogP contribution >= 0.6 is 0 Å². The van der Waals surface area contributed by atoms with E-state index in [1.165, 1.54) is 0 Å². The summed E-state index contributed by atoms with van der Waals surface area (Å²) in [7, 11) is 0. The Kier molecular flexibility index (Phi) is 3.51. The van der Waals surface area contributed by atoms with Crippen LogP contribution in [0.3, 0.4) is 0 Å². The Morgan fingerprint density at radius 2 is 1.87 bits per heavy atom. The van der Waals surface area contributed by atoms with Gasteiger partial charge in [-0.3, -0.25) is 0 Å². The second-order valence-electron chi connectivity index (χ2n) is 4.95. The highest BCUT2D eigenvalue weighted by atomic mass is 16.5. The Hall–Kier alpha value is -1.31. The van der Waals surface area contributed by atoms with Crippen molar-refractivity contribution in [2.45, 2.75) is 27.7 Å². The molecule has 0 spiro atoms. The minimum Gasteiger partial charge on any atom is -0.462 e. The predicted molar refractivity (Wildman–Crippen MR) is 60.9 cm³/mol. The molecule has 1 aromatic carbocycles. The van der Waals surface area contributed by atoms with Crippen LogP contribution < -0.4 is 0 Å². The number of carbonyl (C=O) groups is 1. The summed E-state index contributed by atoms with van der Waals surface area (Å²) in [5.41, 5.74) is 1.62. The zero-order valence-corrected chi connectivity index (χ0v) is 9.83. The average Bonchev–Trinajstić information content (AvgIpc) is 2.14. The number of esters is 1. The van der Waals surface area contributed by atoms with Gasteiger partial charge in [0.15, 0.2) is 0 Å². The molecule has 1 aromatic rings. The van der Waals surface area contributed by atoms with Gasteiger partial charge in [-0.15, -0.1) is 0 Å². The van der Waals surface area contributed by atoms with Gasteiger partial charge in [0.1, 0.15) is 0 Å². The molecule has 0 aliphatic heterocycles. The van der Waals surface area contributed by atoms with Crippen LogP contribution in [0.4, 0.5) is 0 Å². The van der Waals surface area contributed by atoms with Gasteiger partial charge >= 0.3 is 5.97 Å². The predicted octanol–water partition coefficient (Wildman–Crippen LogP) is 3.20. The molecule has 0 N–H and O–H groups in total. The molecule has 82 valence electrons. The van der Waals surface area contributed by atoms with E-state index in [-0.39, 0.29) is 11.4 Å². The van der Waals surface area contributed by atoms with Crippen LogP contribution in [-0.4, -0.2) is 12.6 Å². The molecule has 2 nitrogen and oxygen atoms in total. The first-order valence-corrected chi connectivity index (χ1v) is 5.13. The summed E-state index contributed by atoms with van der Waals surface area (Å²) in [6.07, 6.45) is 0. The molecule has 0 bridgehead atoms. The van der Waals surface area contributed by atoms with E-state index in [1.807, 2.05) is 45.9 Å². The first-order valence-electron chi connectivity index (χ1n) is 5.13. The van der Waals surface area contributed by atoms with Crippen LogP contribution in [0.15, 0.2) is 24.3 Å². The molecule has 0 radical (unpaired) electrons. The topological polar surface area (TPSA) is 26.3 Å². The van der Waals surface area contributed by atoms with Crippen molar-refractivity contribution in [3.8, 4) is 0 Å². The van der Waals surface area contributed by atoms with E-state index in [0.29, 0.717) is 12.2 Å². The largest absolute Gasteiger partial charge is 0.462 e. The van der Waals surface area contributed by atoms with Crippen molar-refractivity contribution >= 4 is 5.97 Å². The zero-order chi connectivity index (χ0) is 11.5. The van der Waals surface area contributed by atoms with Gasteiger partial charge in [0.2, 0.25) is 0 Å². The van der Waals surface area contributed by atoms with E-state index in [4.69, 9.17) is 4.74 Å². The Bertz CT molecular complexity index is 348. The molecule has 1 rings (SSSR count). The highest BCUT2D eigenvalue weighted by Crippen LogP contribution is 2.15. The number of carbonyl (C=O) groups excluding carboxylic acids is 1. The fourth-order valence-corrected chi connectivity index (χ4v) is 1.16. The minimum atomic E-state index is -0.233. The zero-order valence-electron chi connectivity index (χ0n) is 9.83. The molecular weight excluding hydrogens is 188 g/mol. The van der Waals surface area contributed by atoms with Crippen molar-refractivity contribution < 1.29 is 9.53 Å². The van der Waals surface area contributed by atoms with Crippen molar-refractivity contribution in [2.24, 2.45) is 5.41 Å². The molecule has 0 saturated heterocycles. The molecule has 2 heteroatoms. The van der Waals surface area contributed by atoms with E-state index < -0.39 is 0 Å². The van der Waals surface area contributed by atoms with Gasteiger partial charge in [0.05, 0.1) is 12.2 Å². The molecule has 0 heterocycles. The third kappa shape index (κ3) is 3.74. The van der Waals surface area contributed by atoms with Crippen molar-refractivity contribution in [1.82, 2.24) is 0 Å². The Morgan fingerprint density at radius 1 is 1.27 bits per heavy atom. The van der Waals surface area contributed by atoms with Gasteiger partial charge in [-0.25, -0.2) is 4.79 Å². The number of ether oxygens (including phenoxy) is 1. The van der Waals surface area contributed by atoms with Crippen molar-refractivity contribution in [2.75, 3.05) is 6.61 Å². The van der Waals surface area contributed by atoms with Crippen LogP contribution in [0.5, 0.6) is 0 Å². The SMILES string of the molecule is Cc1ccccc1C(=O)OCC(C)(C)C. The molecule has 0 aromatic heterocycles. The van der Waals surface area contributed by atoms with E-state index in [2.05, 4.69) is 0 Å². The summed E-state index contributed by atoms with van der Waals surface area (Å²) in [5.74, 6) is -0.233. The van der Waals surface area contributed by atoms with Gasteiger partial charge in [-0.1, -0.05) is 39.0 Å². The third-order valence-electron chi connectivity index (χ3n) is 2.00. The molecule has 0 aliphatic rings. The normalized spacial score (nSPS) is 11.2. The summed E-state index contributed by atoms with van der Waals surface area (Å²) >= 11 is 0. The molecule has 0 saturated carbocycles. The maximum Gasteiger partial charge on any atom is 0.338 e. The lowest BCUT2D eigenvalue weighted by atomic mass is 9.98. The highest BCUT2D eigenvalue weighted by molar-refractivity contribution is 5.90. The van der Waals surface area contributed by atoms with Crippen LogP contribution in [0.2, 0.25) is 0 Å². The highest BCUT2D eigenvalue weighted by Gasteiger charge is 2.15. The number of aryl methyl sites for hydroxylation is 1. The second kappa shape index (κ2) is 4.47. The van der Waals surface area contributed by atoms with E-state index in [9.17, 15) is 4.79 Å². The van der Waals surface area contributed by atoms with Crippen LogP contribution in [0, 0.1) is 12.3 Å². The minimum absolute atomic E-state index is 0.0122. The lowest BCUT2D eigenvalue weighted by Crippen LogP contribution is -2.18. The molecule has 0 unspecified atom stereocenters. The van der Waals surface area contributed by atoms with Gasteiger partial charge in [0, 0.05) is 0 Å². The second-order valence-corrected chi connectivity index (χ2v) is 4.95. The Balaban J connectivity index is 2.66. The first-order chi connectivity index (χ1) is 6.90. The third-order valence-corrected chi connectivity index (χ3v) is 2.00. The van der Waals surface area contributed by atoms with Crippen molar-refractivity contribution in [3.05, 3.63) is 35.4 Å². The van der Waals surface area contributed by atoms with Crippen molar-refractivity contribution in [3.63, 3.8) is 0 Å². The quantitative estimate of drug-likeness (QED) is 0.694. The van der Waals surface area contributed by atoms with Crippen molar-refractivity contribution in [1.29, 1.82) is 0 Å². The maximum atomic E-state index is 11.7. The Labute approximate surface area is 91.3 Å². The standard InChI is InChI=1S/C13H18O2/c1-10-7-5-6-8-11(10)12(14)15-9-13(2,3)4/h5-8H,9H2,1-4H3. The van der Waals surface area contributed by atoms with E-state index in [1.54, 1.807) is 6.07 Å². The molecular formula is C13H18O2. The number of hydrogen-bond donors (Lipinski definition) is 0. The molecule has 15 heavy (non-hydrogen) atoms. The van der Waals surface area contributed by atoms with Crippen LogP contribution in [0.1, 0.15) is 36.7 Å². The maximum absolute atomic E-state index is 11.7. The number of benzene rings is 1. The molecule has 0 amide bonds. The first kappa shape index (κ1) is 11.8. The summed E-state index contributed by atoms with van der Waals surface area (Å²) < 4.78 is 5.23. The van der Waals surface area contributed by atoms with Gasteiger partial charge in [-0.05, 0) is 24.0 Å². The monoisotopic (exact) mass is 206 g/mol. The summed E-state index contributed by atoms with van der Waals surface area (Å²) in [4.78, 5) is 11.7. The lowest BCUT2D eigenvalue weighted by Gasteiger charge is -2.18. The Morgan fingerprint density at radius 3 is 2.40 bits per heavy atom. The fraction of sp³-hybridized carbons (Fsp3) is 0.462. The summed E-state index contributed by atoms with van der Waals surface area (Å²) in [6, 6.07) is 7.46.